The predicted octanol–water partition coefficient (Wildman–Crippen LogP) is 5.65. The maximum Gasteiger partial charge on any atom is 0.418 e. The lowest BCUT2D eigenvalue weighted by atomic mass is 10.0. The van der Waals surface area contributed by atoms with Crippen LogP contribution in [0.2, 0.25) is 0 Å². The lowest BCUT2D eigenvalue weighted by molar-refractivity contribution is -0.121. The summed E-state index contributed by atoms with van der Waals surface area (Å²) in [5.74, 6) is -1.97. The number of hydrogen-bond donors (Lipinski definition) is 1. The molecule has 0 fully saturated rings. The Morgan fingerprint density at radius 2 is 1.85 bits per heavy atom. The molecule has 0 bridgehead atoms. The third kappa shape index (κ3) is 7.74. The zero-order valence-electron chi connectivity index (χ0n) is 18.2. The summed E-state index contributed by atoms with van der Waals surface area (Å²) in [4.78, 5) is 13.9. The van der Waals surface area contributed by atoms with E-state index < -0.39 is 23.5 Å². The molecule has 33 heavy (non-hydrogen) atoms. The van der Waals surface area contributed by atoms with Gasteiger partial charge in [-0.1, -0.05) is 43.0 Å². The van der Waals surface area contributed by atoms with Crippen molar-refractivity contribution >= 4 is 5.91 Å². The third-order valence-corrected chi connectivity index (χ3v) is 4.63. The first-order chi connectivity index (χ1) is 15.5. The monoisotopic (exact) mass is 457 g/mol. The second-order valence-corrected chi connectivity index (χ2v) is 7.36. The standard InChI is InChI=1S/C25H23F4N3O/c1-4-22(13-23(17(2)26)25(27,28)29)31-24(33)16-32(3)15-18-8-10-20(11-9-18)21-7-5-6-19(12-21)14-30/h4-13H,1,15-16H2,2-3H3,(H,31,33)/b22-13+,23-17-. The fourth-order valence-corrected chi connectivity index (χ4v) is 3.06. The number of rotatable bonds is 8. The summed E-state index contributed by atoms with van der Waals surface area (Å²) in [6.45, 7) is 4.38. The summed E-state index contributed by atoms with van der Waals surface area (Å²) in [6, 6.07) is 16.9. The topological polar surface area (TPSA) is 56.1 Å². The van der Waals surface area contributed by atoms with Crippen molar-refractivity contribution in [3.63, 3.8) is 0 Å². The molecule has 0 aliphatic heterocycles. The second kappa shape index (κ2) is 11.2. The lowest BCUT2D eigenvalue weighted by Gasteiger charge is -2.17. The van der Waals surface area contributed by atoms with Crippen LogP contribution < -0.4 is 5.32 Å². The average Bonchev–Trinajstić information content (AvgIpc) is 2.75. The van der Waals surface area contributed by atoms with Crippen LogP contribution in [0, 0.1) is 11.3 Å². The predicted molar refractivity (Wildman–Crippen MR) is 119 cm³/mol. The molecule has 2 aromatic carbocycles. The van der Waals surface area contributed by atoms with E-state index in [1.807, 2.05) is 36.4 Å². The van der Waals surface area contributed by atoms with Crippen LogP contribution in [-0.4, -0.2) is 30.6 Å². The van der Waals surface area contributed by atoms with Crippen molar-refractivity contribution in [3.8, 4) is 17.2 Å². The molecule has 0 saturated carbocycles. The zero-order chi connectivity index (χ0) is 24.6. The van der Waals surface area contributed by atoms with Gasteiger partial charge in [-0.3, -0.25) is 9.69 Å². The van der Waals surface area contributed by atoms with Gasteiger partial charge < -0.3 is 5.32 Å². The molecule has 0 aliphatic carbocycles. The number of nitrogens with zero attached hydrogens (tertiary/aromatic N) is 2. The van der Waals surface area contributed by atoms with Gasteiger partial charge in [0.05, 0.1) is 23.8 Å². The Labute approximate surface area is 190 Å². The molecule has 0 spiro atoms. The van der Waals surface area contributed by atoms with Crippen molar-refractivity contribution in [2.24, 2.45) is 0 Å². The number of hydrogen-bond acceptors (Lipinski definition) is 3. The van der Waals surface area contributed by atoms with Gasteiger partial charge in [0.25, 0.3) is 0 Å². The van der Waals surface area contributed by atoms with Crippen molar-refractivity contribution in [3.05, 3.63) is 95.5 Å². The molecule has 0 unspecified atom stereocenters. The van der Waals surface area contributed by atoms with Crippen LogP contribution in [-0.2, 0) is 11.3 Å². The zero-order valence-corrected chi connectivity index (χ0v) is 18.2. The van der Waals surface area contributed by atoms with E-state index in [1.54, 1.807) is 24.1 Å². The van der Waals surface area contributed by atoms with E-state index in [9.17, 15) is 22.4 Å². The molecule has 4 nitrogen and oxygen atoms in total. The van der Waals surface area contributed by atoms with Gasteiger partial charge in [0.15, 0.2) is 0 Å². The number of halogens is 4. The summed E-state index contributed by atoms with van der Waals surface area (Å²) in [6.07, 6.45) is -3.36. The van der Waals surface area contributed by atoms with Crippen LogP contribution in [0.1, 0.15) is 18.1 Å². The van der Waals surface area contributed by atoms with Gasteiger partial charge in [-0.2, -0.15) is 18.4 Å². The fraction of sp³-hybridized carbons (Fsp3) is 0.200. The van der Waals surface area contributed by atoms with E-state index >= 15 is 0 Å². The highest BCUT2D eigenvalue weighted by Crippen LogP contribution is 2.30. The van der Waals surface area contributed by atoms with Crippen molar-refractivity contribution in [1.29, 1.82) is 5.26 Å². The van der Waals surface area contributed by atoms with Gasteiger partial charge in [-0.05, 0) is 54.9 Å². The van der Waals surface area contributed by atoms with Crippen molar-refractivity contribution in [1.82, 2.24) is 10.2 Å². The highest BCUT2D eigenvalue weighted by molar-refractivity contribution is 5.80. The number of carbonyl (C=O) groups is 1. The number of nitrogens with one attached hydrogen (secondary N) is 1. The molecule has 0 saturated heterocycles. The van der Waals surface area contributed by atoms with E-state index in [4.69, 9.17) is 5.26 Å². The first kappa shape index (κ1) is 25.6. The molecule has 0 aliphatic rings. The first-order valence-electron chi connectivity index (χ1n) is 9.89. The van der Waals surface area contributed by atoms with Crippen molar-refractivity contribution < 1.29 is 22.4 Å². The van der Waals surface area contributed by atoms with Gasteiger partial charge in [0, 0.05) is 12.2 Å². The summed E-state index contributed by atoms with van der Waals surface area (Å²) in [5, 5.41) is 11.3. The molecule has 0 atom stereocenters. The summed E-state index contributed by atoms with van der Waals surface area (Å²) >= 11 is 0. The maximum absolute atomic E-state index is 13.3. The number of likely N-dealkylation sites (N-methyl/N-ethyl adjacent to an activating group) is 1. The number of allylic oxidation sites excluding steroid dienone is 4. The van der Waals surface area contributed by atoms with E-state index in [0.717, 1.165) is 22.8 Å². The van der Waals surface area contributed by atoms with Crippen LogP contribution in [0.4, 0.5) is 17.6 Å². The molecule has 172 valence electrons. The Balaban J connectivity index is 2.01. The van der Waals surface area contributed by atoms with Crippen LogP contribution in [0.3, 0.4) is 0 Å². The Morgan fingerprint density at radius 3 is 2.39 bits per heavy atom. The Kier molecular flexibility index (Phi) is 8.71. The Morgan fingerprint density at radius 1 is 1.18 bits per heavy atom. The first-order valence-corrected chi connectivity index (χ1v) is 9.89. The van der Waals surface area contributed by atoms with Crippen LogP contribution in [0.15, 0.2) is 84.4 Å². The highest BCUT2D eigenvalue weighted by Gasteiger charge is 2.34. The minimum Gasteiger partial charge on any atom is -0.325 e. The smallest absolute Gasteiger partial charge is 0.325 e. The molecule has 1 N–H and O–H groups in total. The molecule has 0 aromatic heterocycles. The molecule has 8 heteroatoms. The van der Waals surface area contributed by atoms with Crippen LogP contribution in [0.5, 0.6) is 0 Å². The number of amides is 1. The second-order valence-electron chi connectivity index (χ2n) is 7.36. The number of nitriles is 1. The Hall–Kier alpha value is -3.70. The van der Waals surface area contributed by atoms with Gasteiger partial charge in [0.2, 0.25) is 5.91 Å². The third-order valence-electron chi connectivity index (χ3n) is 4.63. The van der Waals surface area contributed by atoms with E-state index in [1.165, 1.54) is 0 Å². The van der Waals surface area contributed by atoms with Crippen molar-refractivity contribution in [2.75, 3.05) is 13.6 Å². The van der Waals surface area contributed by atoms with Crippen LogP contribution in [0.25, 0.3) is 11.1 Å². The fourth-order valence-electron chi connectivity index (χ4n) is 3.06. The quantitative estimate of drug-likeness (QED) is 0.412. The normalized spacial score (nSPS) is 12.7. The molecule has 2 rings (SSSR count). The minimum atomic E-state index is -4.89. The molecule has 0 radical (unpaired) electrons. The van der Waals surface area contributed by atoms with E-state index in [2.05, 4.69) is 18.0 Å². The van der Waals surface area contributed by atoms with Crippen molar-refractivity contribution in [2.45, 2.75) is 19.6 Å². The van der Waals surface area contributed by atoms with E-state index in [0.29, 0.717) is 25.1 Å². The van der Waals surface area contributed by atoms with Crippen LogP contribution >= 0.6 is 0 Å². The Bertz CT molecular complexity index is 1110. The minimum absolute atomic E-state index is 0.100. The summed E-state index contributed by atoms with van der Waals surface area (Å²) in [5.41, 5.74) is 1.60. The van der Waals surface area contributed by atoms with Gasteiger partial charge in [-0.15, -0.1) is 0 Å². The van der Waals surface area contributed by atoms with Gasteiger partial charge in [-0.25, -0.2) is 4.39 Å². The number of benzene rings is 2. The number of carbonyl (C=O) groups excluding carboxylic acids is 1. The SMILES string of the molecule is C=C/C(=C\C(=C(/C)F)C(F)(F)F)NC(=O)CN(C)Cc1ccc(-c2cccc(C#N)c2)cc1. The summed E-state index contributed by atoms with van der Waals surface area (Å²) < 4.78 is 52.0. The molecule has 1 amide bonds. The largest absolute Gasteiger partial charge is 0.418 e. The lowest BCUT2D eigenvalue weighted by Crippen LogP contribution is -2.34. The average molecular weight is 457 g/mol. The highest BCUT2D eigenvalue weighted by atomic mass is 19.4. The maximum atomic E-state index is 13.3. The molecule has 2 aromatic rings. The summed E-state index contributed by atoms with van der Waals surface area (Å²) in [7, 11) is 1.69. The van der Waals surface area contributed by atoms with Gasteiger partial charge >= 0.3 is 6.18 Å². The van der Waals surface area contributed by atoms with Gasteiger partial charge in [0.1, 0.15) is 5.83 Å². The molecular formula is C25H23F4N3O. The van der Waals surface area contributed by atoms with E-state index in [-0.39, 0.29) is 12.2 Å². The molecule has 0 heterocycles. The molecular weight excluding hydrogens is 434 g/mol. The number of alkyl halides is 3.